The molecule has 1 aromatic carbocycles. The Morgan fingerprint density at radius 3 is 2.69 bits per heavy atom. The molecule has 3 fully saturated rings. The summed E-state index contributed by atoms with van der Waals surface area (Å²) in [5, 5.41) is 3.27. The molecule has 2 aliphatic heterocycles. The number of carbonyl (C=O) groups is 1. The summed E-state index contributed by atoms with van der Waals surface area (Å²) >= 11 is 2.09. The predicted octanol–water partition coefficient (Wildman–Crippen LogP) is 3.06. The summed E-state index contributed by atoms with van der Waals surface area (Å²) in [4.78, 5) is 15.6. The Balaban J connectivity index is 1.29. The van der Waals surface area contributed by atoms with Crippen LogP contribution in [0, 0.1) is 5.92 Å². The molecule has 1 atom stereocenters. The fraction of sp³-hybridized carbons (Fsp3) is 0.667. The summed E-state index contributed by atoms with van der Waals surface area (Å²) in [6.45, 7) is 3.22. The molecule has 1 amide bonds. The van der Waals surface area contributed by atoms with Gasteiger partial charge in [0.15, 0.2) is 0 Å². The van der Waals surface area contributed by atoms with E-state index in [4.69, 9.17) is 4.74 Å². The topological polar surface area (TPSA) is 41.6 Å². The second kappa shape index (κ2) is 7.81. The molecule has 0 aromatic heterocycles. The Hall–Kier alpha value is -1.20. The third-order valence-electron chi connectivity index (χ3n) is 6.43. The zero-order valence-electron chi connectivity index (χ0n) is 15.7. The molecule has 26 heavy (non-hydrogen) atoms. The van der Waals surface area contributed by atoms with Crippen LogP contribution in [-0.2, 0) is 10.2 Å². The van der Waals surface area contributed by atoms with E-state index in [2.05, 4.69) is 22.0 Å². The number of para-hydroxylation sites is 1. The lowest BCUT2D eigenvalue weighted by Gasteiger charge is -2.36. The van der Waals surface area contributed by atoms with Crippen molar-refractivity contribution in [2.75, 3.05) is 38.2 Å². The molecular formula is C21H30N2O2S. The maximum absolute atomic E-state index is 12.9. The van der Waals surface area contributed by atoms with Gasteiger partial charge in [-0.3, -0.25) is 9.69 Å². The second-order valence-electron chi connectivity index (χ2n) is 7.99. The highest BCUT2D eigenvalue weighted by molar-refractivity contribution is 7.99. The van der Waals surface area contributed by atoms with Crippen molar-refractivity contribution in [3.8, 4) is 5.75 Å². The molecule has 0 unspecified atom stereocenters. The van der Waals surface area contributed by atoms with E-state index in [-0.39, 0.29) is 11.3 Å². The van der Waals surface area contributed by atoms with E-state index in [1.807, 2.05) is 24.3 Å². The van der Waals surface area contributed by atoms with Crippen molar-refractivity contribution in [2.45, 2.75) is 43.6 Å². The number of amides is 1. The van der Waals surface area contributed by atoms with E-state index < -0.39 is 0 Å². The second-order valence-corrected chi connectivity index (χ2v) is 9.14. The summed E-state index contributed by atoms with van der Waals surface area (Å²) in [5.41, 5.74) is 0.697. The minimum Gasteiger partial charge on any atom is -0.496 e. The molecule has 4 rings (SSSR count). The van der Waals surface area contributed by atoms with Gasteiger partial charge in [0.05, 0.1) is 12.5 Å². The summed E-state index contributed by atoms with van der Waals surface area (Å²) < 4.78 is 5.49. The normalized spacial score (nSPS) is 25.8. The summed E-state index contributed by atoms with van der Waals surface area (Å²) in [6, 6.07) is 8.77. The molecule has 0 radical (unpaired) electrons. The van der Waals surface area contributed by atoms with Crippen molar-refractivity contribution >= 4 is 17.7 Å². The monoisotopic (exact) mass is 374 g/mol. The standard InChI is InChI=1S/C21H30N2O2S/c1-25-19-5-3-2-4-18(19)21(9-10-21)20(24)22-14-16-6-11-23(12-7-16)17-8-13-26-15-17/h2-5,16-17H,6-15H2,1H3,(H,22,24)/t17-/m0/s1. The van der Waals surface area contributed by atoms with Gasteiger partial charge in [-0.25, -0.2) is 0 Å². The number of benzene rings is 1. The highest BCUT2D eigenvalue weighted by atomic mass is 32.2. The molecule has 4 nitrogen and oxygen atoms in total. The number of ether oxygens (including phenoxy) is 1. The Bertz CT molecular complexity index is 633. The van der Waals surface area contributed by atoms with Gasteiger partial charge in [0.2, 0.25) is 5.91 Å². The lowest BCUT2D eigenvalue weighted by molar-refractivity contribution is -0.123. The average Bonchev–Trinajstić information content (AvgIpc) is 3.32. The van der Waals surface area contributed by atoms with Gasteiger partial charge in [0.25, 0.3) is 0 Å². The molecule has 1 aromatic rings. The molecule has 142 valence electrons. The van der Waals surface area contributed by atoms with Gasteiger partial charge in [-0.2, -0.15) is 11.8 Å². The number of piperidine rings is 1. The SMILES string of the molecule is COc1ccccc1C1(C(=O)NCC2CCN([C@H]3CCSC3)CC2)CC1. The molecule has 0 bridgehead atoms. The third kappa shape index (κ3) is 3.61. The van der Waals surface area contributed by atoms with Crippen molar-refractivity contribution in [3.63, 3.8) is 0 Å². The first-order valence-corrected chi connectivity index (χ1v) is 11.1. The van der Waals surface area contributed by atoms with Gasteiger partial charge in [0.1, 0.15) is 5.75 Å². The van der Waals surface area contributed by atoms with Crippen molar-refractivity contribution in [2.24, 2.45) is 5.92 Å². The predicted molar refractivity (Wildman–Crippen MR) is 107 cm³/mol. The Morgan fingerprint density at radius 2 is 2.04 bits per heavy atom. The summed E-state index contributed by atoms with van der Waals surface area (Å²) in [5.74, 6) is 4.28. The van der Waals surface area contributed by atoms with Crippen molar-refractivity contribution in [3.05, 3.63) is 29.8 Å². The Morgan fingerprint density at radius 1 is 1.27 bits per heavy atom. The van der Waals surface area contributed by atoms with Crippen LogP contribution in [0.1, 0.15) is 37.7 Å². The van der Waals surface area contributed by atoms with Gasteiger partial charge < -0.3 is 10.1 Å². The molecule has 1 aliphatic carbocycles. The number of nitrogens with zero attached hydrogens (tertiary/aromatic N) is 1. The van der Waals surface area contributed by atoms with Gasteiger partial charge in [-0.15, -0.1) is 0 Å². The summed E-state index contributed by atoms with van der Waals surface area (Å²) in [7, 11) is 1.68. The van der Waals surface area contributed by atoms with Gasteiger partial charge in [0, 0.05) is 23.9 Å². The number of hydrogen-bond donors (Lipinski definition) is 1. The number of thioether (sulfide) groups is 1. The van der Waals surface area contributed by atoms with Gasteiger partial charge >= 0.3 is 0 Å². The van der Waals surface area contributed by atoms with Crippen LogP contribution in [0.2, 0.25) is 0 Å². The first-order chi connectivity index (χ1) is 12.7. The van der Waals surface area contributed by atoms with E-state index in [1.54, 1.807) is 7.11 Å². The van der Waals surface area contributed by atoms with Gasteiger partial charge in [-0.1, -0.05) is 18.2 Å². The molecule has 1 N–H and O–H groups in total. The lowest BCUT2D eigenvalue weighted by atomic mass is 9.92. The zero-order chi connectivity index (χ0) is 18.0. The Labute approximate surface area is 161 Å². The van der Waals surface area contributed by atoms with Crippen LogP contribution in [0.25, 0.3) is 0 Å². The van der Waals surface area contributed by atoms with Crippen LogP contribution in [-0.4, -0.2) is 55.1 Å². The number of hydrogen-bond acceptors (Lipinski definition) is 4. The zero-order valence-corrected chi connectivity index (χ0v) is 16.5. The average molecular weight is 375 g/mol. The van der Waals surface area contributed by atoms with E-state index in [1.165, 1.54) is 43.9 Å². The Kier molecular flexibility index (Phi) is 5.46. The quantitative estimate of drug-likeness (QED) is 0.831. The largest absolute Gasteiger partial charge is 0.496 e. The molecule has 1 saturated carbocycles. The number of rotatable bonds is 6. The van der Waals surface area contributed by atoms with Crippen LogP contribution in [0.4, 0.5) is 0 Å². The highest BCUT2D eigenvalue weighted by Gasteiger charge is 2.52. The molecule has 3 aliphatic rings. The lowest BCUT2D eigenvalue weighted by Crippen LogP contribution is -2.44. The smallest absolute Gasteiger partial charge is 0.230 e. The number of nitrogens with one attached hydrogen (secondary N) is 1. The number of carbonyl (C=O) groups excluding carboxylic acids is 1. The number of methoxy groups -OCH3 is 1. The molecule has 5 heteroatoms. The van der Waals surface area contributed by atoms with Crippen molar-refractivity contribution in [1.29, 1.82) is 0 Å². The molecule has 2 heterocycles. The third-order valence-corrected chi connectivity index (χ3v) is 7.57. The number of likely N-dealkylation sites (tertiary alicyclic amines) is 1. The van der Waals surface area contributed by atoms with Crippen LogP contribution >= 0.6 is 11.8 Å². The van der Waals surface area contributed by atoms with Gasteiger partial charge in [-0.05, 0) is 62.9 Å². The van der Waals surface area contributed by atoms with Crippen molar-refractivity contribution in [1.82, 2.24) is 10.2 Å². The van der Waals surface area contributed by atoms with E-state index >= 15 is 0 Å². The maximum Gasteiger partial charge on any atom is 0.230 e. The molecule has 2 saturated heterocycles. The van der Waals surface area contributed by atoms with Crippen LogP contribution < -0.4 is 10.1 Å². The first kappa shape index (κ1) is 18.2. The fourth-order valence-electron chi connectivity index (χ4n) is 4.52. The van der Waals surface area contributed by atoms with Crippen LogP contribution in [0.3, 0.4) is 0 Å². The van der Waals surface area contributed by atoms with Crippen LogP contribution in [0.15, 0.2) is 24.3 Å². The summed E-state index contributed by atoms with van der Waals surface area (Å²) in [6.07, 6.45) is 5.63. The van der Waals surface area contributed by atoms with E-state index in [9.17, 15) is 4.79 Å². The first-order valence-electron chi connectivity index (χ1n) is 9.96. The fourth-order valence-corrected chi connectivity index (χ4v) is 5.78. The maximum atomic E-state index is 12.9. The van der Waals surface area contributed by atoms with Crippen LogP contribution in [0.5, 0.6) is 5.75 Å². The minimum atomic E-state index is -0.353. The minimum absolute atomic E-state index is 0.191. The highest BCUT2D eigenvalue weighted by Crippen LogP contribution is 2.51. The van der Waals surface area contributed by atoms with E-state index in [0.717, 1.165) is 36.7 Å². The van der Waals surface area contributed by atoms with E-state index in [0.29, 0.717) is 5.92 Å². The molecular weight excluding hydrogens is 344 g/mol. The molecule has 0 spiro atoms. The van der Waals surface area contributed by atoms with Crippen molar-refractivity contribution < 1.29 is 9.53 Å².